The molecule has 22 heavy (non-hydrogen) atoms. The lowest BCUT2D eigenvalue weighted by Gasteiger charge is -2.17. The number of nitrogens with one attached hydrogen (secondary N) is 1. The predicted octanol–water partition coefficient (Wildman–Crippen LogP) is 2.14. The van der Waals surface area contributed by atoms with Crippen LogP contribution in [0.4, 0.5) is 0 Å². The van der Waals surface area contributed by atoms with Gasteiger partial charge in [-0.25, -0.2) is 0 Å². The monoisotopic (exact) mass is 311 g/mol. The van der Waals surface area contributed by atoms with E-state index < -0.39 is 6.10 Å². The molecule has 0 heterocycles. The number of benzene rings is 1. The van der Waals surface area contributed by atoms with Gasteiger partial charge in [-0.2, -0.15) is 0 Å². The highest BCUT2D eigenvalue weighted by molar-refractivity contribution is 5.80. The molecule has 0 saturated carbocycles. The number of hydrogen-bond acceptors (Lipinski definition) is 5. The number of methoxy groups -OCH3 is 3. The minimum absolute atomic E-state index is 0.138. The maximum absolute atomic E-state index is 12.1. The fourth-order valence-electron chi connectivity index (χ4n) is 2.11. The number of ether oxygens (including phenoxy) is 4. The predicted molar refractivity (Wildman–Crippen MR) is 83.6 cm³/mol. The van der Waals surface area contributed by atoms with Crippen molar-refractivity contribution >= 4 is 5.91 Å². The van der Waals surface area contributed by atoms with Crippen molar-refractivity contribution in [3.8, 4) is 17.2 Å². The normalized spacial score (nSPS) is 11.7. The second kappa shape index (κ2) is 9.15. The lowest BCUT2D eigenvalue weighted by Crippen LogP contribution is -2.35. The van der Waals surface area contributed by atoms with Crippen LogP contribution in [0.15, 0.2) is 12.1 Å². The van der Waals surface area contributed by atoms with E-state index in [1.54, 1.807) is 33.5 Å². The van der Waals surface area contributed by atoms with E-state index in [1.165, 1.54) is 0 Å². The van der Waals surface area contributed by atoms with E-state index in [-0.39, 0.29) is 5.91 Å². The Morgan fingerprint density at radius 2 is 1.64 bits per heavy atom. The zero-order chi connectivity index (χ0) is 16.5. The molecule has 0 radical (unpaired) electrons. The molecular formula is C16H25NO5. The van der Waals surface area contributed by atoms with Gasteiger partial charge in [0, 0.05) is 24.8 Å². The Kier molecular flexibility index (Phi) is 7.52. The number of rotatable bonds is 9. The van der Waals surface area contributed by atoms with Crippen molar-refractivity contribution in [3.05, 3.63) is 17.7 Å². The summed E-state index contributed by atoms with van der Waals surface area (Å²) in [5.41, 5.74) is 0.805. The summed E-state index contributed by atoms with van der Waals surface area (Å²) >= 11 is 0. The quantitative estimate of drug-likeness (QED) is 0.757. The molecule has 0 unspecified atom stereocenters. The van der Waals surface area contributed by atoms with Crippen LogP contribution in [0.5, 0.6) is 17.2 Å². The van der Waals surface area contributed by atoms with Gasteiger partial charge < -0.3 is 24.3 Å². The molecule has 0 aliphatic carbocycles. The molecule has 0 aliphatic heterocycles. The van der Waals surface area contributed by atoms with E-state index in [1.807, 2.05) is 13.8 Å². The smallest absolute Gasteiger partial charge is 0.249 e. The molecule has 0 bridgehead atoms. The summed E-state index contributed by atoms with van der Waals surface area (Å²) in [5, 5.41) is 2.86. The second-order valence-corrected chi connectivity index (χ2v) is 4.59. The van der Waals surface area contributed by atoms with E-state index >= 15 is 0 Å². The minimum atomic E-state index is -0.434. The van der Waals surface area contributed by atoms with Crippen molar-refractivity contribution < 1.29 is 23.7 Å². The standard InChI is InChI=1S/C16H25NO5/c1-6-12(22-7-2)16(18)17-10-11-8-14(20-4)15(21-5)9-13(11)19-3/h8-9,12H,6-7,10H2,1-5H3,(H,17,18)/t12-/m0/s1. The molecule has 0 fully saturated rings. The highest BCUT2D eigenvalue weighted by Gasteiger charge is 2.17. The number of amides is 1. The second-order valence-electron chi connectivity index (χ2n) is 4.59. The number of hydrogen-bond donors (Lipinski definition) is 1. The molecule has 1 aromatic rings. The molecule has 1 N–H and O–H groups in total. The molecule has 0 saturated heterocycles. The molecular weight excluding hydrogens is 286 g/mol. The molecule has 1 aromatic carbocycles. The molecule has 0 spiro atoms. The van der Waals surface area contributed by atoms with Crippen LogP contribution in [0, 0.1) is 0 Å². The van der Waals surface area contributed by atoms with E-state index in [2.05, 4.69) is 5.32 Å². The van der Waals surface area contributed by atoms with Crippen LogP contribution in [0.1, 0.15) is 25.8 Å². The van der Waals surface area contributed by atoms with E-state index in [9.17, 15) is 4.79 Å². The minimum Gasteiger partial charge on any atom is -0.496 e. The summed E-state index contributed by atoms with van der Waals surface area (Å²) in [5.74, 6) is 1.66. The fraction of sp³-hybridized carbons (Fsp3) is 0.562. The van der Waals surface area contributed by atoms with Gasteiger partial charge in [0.15, 0.2) is 11.5 Å². The molecule has 6 nitrogen and oxygen atoms in total. The average molecular weight is 311 g/mol. The van der Waals surface area contributed by atoms with Crippen molar-refractivity contribution in [2.75, 3.05) is 27.9 Å². The maximum atomic E-state index is 12.1. The van der Waals surface area contributed by atoms with Gasteiger partial charge in [-0.15, -0.1) is 0 Å². The van der Waals surface area contributed by atoms with Crippen LogP contribution in [0.25, 0.3) is 0 Å². The van der Waals surface area contributed by atoms with Crippen LogP contribution in [0.2, 0.25) is 0 Å². The topological polar surface area (TPSA) is 66.0 Å². The summed E-state index contributed by atoms with van der Waals surface area (Å²) in [6, 6.07) is 3.53. The van der Waals surface area contributed by atoms with Crippen molar-refractivity contribution in [2.45, 2.75) is 32.9 Å². The maximum Gasteiger partial charge on any atom is 0.249 e. The Bertz CT molecular complexity index is 490. The molecule has 0 aromatic heterocycles. The first-order valence-corrected chi connectivity index (χ1v) is 7.29. The molecule has 0 aliphatic rings. The Labute approximate surface area is 131 Å². The van der Waals surface area contributed by atoms with Crippen LogP contribution in [-0.2, 0) is 16.1 Å². The molecule has 1 atom stereocenters. The number of carbonyl (C=O) groups is 1. The first-order chi connectivity index (χ1) is 10.6. The number of carbonyl (C=O) groups excluding carboxylic acids is 1. The van der Waals surface area contributed by atoms with Crippen LogP contribution in [0.3, 0.4) is 0 Å². The van der Waals surface area contributed by atoms with Gasteiger partial charge in [0.2, 0.25) is 5.91 Å². The Balaban J connectivity index is 2.86. The molecule has 124 valence electrons. The van der Waals surface area contributed by atoms with Gasteiger partial charge >= 0.3 is 0 Å². The first kappa shape index (κ1) is 18.1. The largest absolute Gasteiger partial charge is 0.496 e. The van der Waals surface area contributed by atoms with Crippen molar-refractivity contribution in [1.29, 1.82) is 0 Å². The lowest BCUT2D eigenvalue weighted by molar-refractivity contribution is -0.132. The van der Waals surface area contributed by atoms with Gasteiger partial charge in [-0.3, -0.25) is 4.79 Å². The van der Waals surface area contributed by atoms with Crippen LogP contribution < -0.4 is 19.5 Å². The van der Waals surface area contributed by atoms with Gasteiger partial charge in [0.05, 0.1) is 21.3 Å². The van der Waals surface area contributed by atoms with Crippen molar-refractivity contribution in [2.24, 2.45) is 0 Å². The van der Waals surface area contributed by atoms with Gasteiger partial charge in [-0.05, 0) is 19.4 Å². The first-order valence-electron chi connectivity index (χ1n) is 7.29. The van der Waals surface area contributed by atoms with E-state index in [0.29, 0.717) is 36.8 Å². The molecule has 1 rings (SSSR count). The zero-order valence-corrected chi connectivity index (χ0v) is 13.9. The van der Waals surface area contributed by atoms with Crippen LogP contribution >= 0.6 is 0 Å². The fourth-order valence-corrected chi connectivity index (χ4v) is 2.11. The van der Waals surface area contributed by atoms with Gasteiger partial charge in [0.1, 0.15) is 11.9 Å². The Morgan fingerprint density at radius 1 is 1.05 bits per heavy atom. The lowest BCUT2D eigenvalue weighted by atomic mass is 10.1. The van der Waals surface area contributed by atoms with E-state index in [0.717, 1.165) is 5.56 Å². The molecule has 6 heteroatoms. The third kappa shape index (κ3) is 4.53. The summed E-state index contributed by atoms with van der Waals surface area (Å²) in [6.45, 7) is 4.61. The van der Waals surface area contributed by atoms with Gasteiger partial charge in [0.25, 0.3) is 0 Å². The zero-order valence-electron chi connectivity index (χ0n) is 13.9. The summed E-state index contributed by atoms with van der Waals surface area (Å²) in [6.07, 6.45) is 0.194. The highest BCUT2D eigenvalue weighted by atomic mass is 16.5. The van der Waals surface area contributed by atoms with Gasteiger partial charge in [-0.1, -0.05) is 6.92 Å². The third-order valence-electron chi connectivity index (χ3n) is 3.27. The highest BCUT2D eigenvalue weighted by Crippen LogP contribution is 2.34. The third-order valence-corrected chi connectivity index (χ3v) is 3.27. The van der Waals surface area contributed by atoms with Crippen LogP contribution in [-0.4, -0.2) is 39.9 Å². The Hall–Kier alpha value is -1.95. The van der Waals surface area contributed by atoms with Crippen molar-refractivity contribution in [3.63, 3.8) is 0 Å². The Morgan fingerprint density at radius 3 is 2.14 bits per heavy atom. The average Bonchev–Trinajstić information content (AvgIpc) is 2.56. The summed E-state index contributed by atoms with van der Waals surface area (Å²) in [7, 11) is 4.70. The summed E-state index contributed by atoms with van der Waals surface area (Å²) in [4.78, 5) is 12.1. The van der Waals surface area contributed by atoms with E-state index in [4.69, 9.17) is 18.9 Å². The van der Waals surface area contributed by atoms with Crippen molar-refractivity contribution in [1.82, 2.24) is 5.32 Å². The summed E-state index contributed by atoms with van der Waals surface area (Å²) < 4.78 is 21.2. The molecule has 1 amide bonds. The SMILES string of the molecule is CCO[C@@H](CC)C(=O)NCc1cc(OC)c(OC)cc1OC.